The van der Waals surface area contributed by atoms with E-state index in [1.807, 2.05) is 24.3 Å². The largest absolute Gasteiger partial charge is 0.417 e. The molecule has 0 saturated carbocycles. The molecule has 0 aliphatic carbocycles. The van der Waals surface area contributed by atoms with Gasteiger partial charge >= 0.3 is 6.18 Å². The predicted molar refractivity (Wildman–Crippen MR) is 217 cm³/mol. The highest BCUT2D eigenvalue weighted by atomic mass is 32.2. The molecule has 0 saturated heterocycles. The second-order valence-corrected chi connectivity index (χ2v) is 15.3. The number of carbonyl (C=O) groups excluding carboxylic acids is 4. The molecule has 2 heterocycles. The van der Waals surface area contributed by atoms with Crippen molar-refractivity contribution in [1.29, 1.82) is 0 Å². The first kappa shape index (κ1) is 42.0. The zero-order valence-corrected chi connectivity index (χ0v) is 32.7. The van der Waals surface area contributed by atoms with Gasteiger partial charge in [-0.05, 0) is 77.9 Å². The van der Waals surface area contributed by atoms with Crippen LogP contribution in [-0.4, -0.2) is 65.2 Å². The molecular formula is C43H46F3N7O4S. The Morgan fingerprint density at radius 2 is 1.59 bits per heavy atom. The molecule has 3 atom stereocenters. The van der Waals surface area contributed by atoms with Crippen LogP contribution in [0.25, 0.3) is 22.0 Å². The SMILES string of the molecule is CN1C(=O)C(CCC(N)=O)NC(=O)C(CCCN)NCc2ccccc2Sc2c(cc(-c3ccccc3)cc2C(F)(F)F)CNC(=O)C1Cc1c[nH]c2ccccc12. The summed E-state index contributed by atoms with van der Waals surface area (Å²) < 4.78 is 45.5. The third kappa shape index (κ3) is 10.1. The van der Waals surface area contributed by atoms with Gasteiger partial charge in [0.2, 0.25) is 23.6 Å². The molecule has 4 amide bonds. The van der Waals surface area contributed by atoms with Gasteiger partial charge in [0, 0.05) is 59.9 Å². The molecule has 1 aliphatic heterocycles. The highest BCUT2D eigenvalue weighted by Gasteiger charge is 2.37. The summed E-state index contributed by atoms with van der Waals surface area (Å²) in [4.78, 5) is 59.7. The molecular weight excluding hydrogens is 768 g/mol. The number of halogens is 3. The van der Waals surface area contributed by atoms with Crippen molar-refractivity contribution >= 4 is 46.3 Å². The van der Waals surface area contributed by atoms with Crippen LogP contribution in [-0.2, 0) is 44.9 Å². The monoisotopic (exact) mass is 813 g/mol. The van der Waals surface area contributed by atoms with Gasteiger partial charge in [-0.15, -0.1) is 0 Å². The van der Waals surface area contributed by atoms with Crippen LogP contribution in [0, 0.1) is 0 Å². The van der Waals surface area contributed by atoms with Gasteiger partial charge < -0.3 is 37.3 Å². The van der Waals surface area contributed by atoms with Gasteiger partial charge in [0.15, 0.2) is 0 Å². The van der Waals surface area contributed by atoms with Gasteiger partial charge in [-0.3, -0.25) is 19.2 Å². The van der Waals surface area contributed by atoms with Gasteiger partial charge in [0.05, 0.1) is 11.6 Å². The van der Waals surface area contributed by atoms with E-state index in [1.54, 1.807) is 66.9 Å². The molecule has 0 radical (unpaired) electrons. The summed E-state index contributed by atoms with van der Waals surface area (Å²) in [6.45, 7) is 0.0614. The standard InChI is InChI=1S/C43H46F3N7O4S/c1-53-36(22-29-24-49-33-14-7-6-13-31(29)33)41(56)51-25-30-20-28(26-10-3-2-4-11-26)21-32(43(44,45)46)39(30)58-37-16-8-5-12-27(37)23-50-34(15-9-19-47)40(55)52-35(42(53)57)17-18-38(48)54/h2-8,10-14,16,20-21,24,34-36,49-50H,9,15,17-19,22-23,25,47H2,1H3,(H2,48,54)(H,51,56)(H,52,55). The first-order chi connectivity index (χ1) is 27.8. The molecule has 304 valence electrons. The molecule has 11 nitrogen and oxygen atoms in total. The molecule has 1 aliphatic rings. The van der Waals surface area contributed by atoms with Crippen LogP contribution in [0.5, 0.6) is 0 Å². The van der Waals surface area contributed by atoms with Crippen molar-refractivity contribution in [3.63, 3.8) is 0 Å². The maximum Gasteiger partial charge on any atom is 0.417 e. The van der Waals surface area contributed by atoms with Crippen molar-refractivity contribution in [1.82, 2.24) is 25.8 Å². The van der Waals surface area contributed by atoms with Crippen LogP contribution in [0.4, 0.5) is 13.2 Å². The molecule has 5 aromatic rings. The second-order valence-electron chi connectivity index (χ2n) is 14.3. The van der Waals surface area contributed by atoms with Crippen molar-refractivity contribution in [2.45, 2.75) is 79.3 Å². The number of nitrogens with zero attached hydrogens (tertiary/aromatic N) is 1. The van der Waals surface area contributed by atoms with E-state index < -0.39 is 53.5 Å². The molecule has 0 bridgehead atoms. The minimum absolute atomic E-state index is 0.0160. The highest BCUT2D eigenvalue weighted by Crippen LogP contribution is 2.44. The van der Waals surface area contributed by atoms with E-state index >= 15 is 13.2 Å². The lowest BCUT2D eigenvalue weighted by Crippen LogP contribution is -2.57. The van der Waals surface area contributed by atoms with Crippen molar-refractivity contribution in [2.75, 3.05) is 13.6 Å². The lowest BCUT2D eigenvalue weighted by Gasteiger charge is -2.32. The predicted octanol–water partition coefficient (Wildman–Crippen LogP) is 5.65. The molecule has 6 rings (SSSR count). The summed E-state index contributed by atoms with van der Waals surface area (Å²) in [5, 5.41) is 9.73. The fraction of sp³-hybridized carbons (Fsp3) is 0.302. The number of nitrogens with one attached hydrogen (secondary N) is 4. The third-order valence-corrected chi connectivity index (χ3v) is 11.6. The maximum atomic E-state index is 15.2. The Kier molecular flexibility index (Phi) is 13.6. The Bertz CT molecular complexity index is 2270. The van der Waals surface area contributed by atoms with Crippen molar-refractivity contribution in [2.24, 2.45) is 11.5 Å². The van der Waals surface area contributed by atoms with Crippen molar-refractivity contribution in [3.05, 3.63) is 119 Å². The topological polar surface area (TPSA) is 175 Å². The normalized spacial score (nSPS) is 18.5. The minimum atomic E-state index is -4.77. The fourth-order valence-electron chi connectivity index (χ4n) is 7.12. The molecule has 15 heteroatoms. The number of aromatic amines is 1. The number of para-hydroxylation sites is 1. The fourth-order valence-corrected chi connectivity index (χ4v) is 8.30. The number of H-pyrrole nitrogens is 1. The van der Waals surface area contributed by atoms with E-state index in [0.717, 1.165) is 28.7 Å². The number of nitrogens with two attached hydrogens (primary N) is 2. The highest BCUT2D eigenvalue weighted by molar-refractivity contribution is 7.99. The smallest absolute Gasteiger partial charge is 0.370 e. The number of aromatic nitrogens is 1. The van der Waals surface area contributed by atoms with E-state index in [-0.39, 0.29) is 55.8 Å². The van der Waals surface area contributed by atoms with Gasteiger partial charge in [-0.25, -0.2) is 0 Å². The van der Waals surface area contributed by atoms with Crippen LogP contribution >= 0.6 is 11.8 Å². The van der Waals surface area contributed by atoms with Gasteiger partial charge in [-0.1, -0.05) is 78.5 Å². The number of rotatable bonds is 9. The van der Waals surface area contributed by atoms with Gasteiger partial charge in [0.1, 0.15) is 12.1 Å². The molecule has 0 fully saturated rings. The number of carbonyl (C=O) groups is 4. The quantitative estimate of drug-likeness (QED) is 0.112. The van der Waals surface area contributed by atoms with Crippen LogP contribution in [0.2, 0.25) is 0 Å². The van der Waals surface area contributed by atoms with Crippen LogP contribution in [0.3, 0.4) is 0 Å². The first-order valence-electron chi connectivity index (χ1n) is 19.0. The number of alkyl halides is 3. The summed E-state index contributed by atoms with van der Waals surface area (Å²) >= 11 is 0.932. The second kappa shape index (κ2) is 18.7. The Morgan fingerprint density at radius 3 is 2.33 bits per heavy atom. The average Bonchev–Trinajstić information content (AvgIpc) is 3.62. The number of hydrogen-bond acceptors (Lipinski definition) is 7. The Labute approximate surface area is 338 Å². The summed E-state index contributed by atoms with van der Waals surface area (Å²) in [6, 6.07) is 22.5. The first-order valence-corrected chi connectivity index (χ1v) is 19.8. The van der Waals surface area contributed by atoms with E-state index in [9.17, 15) is 19.2 Å². The van der Waals surface area contributed by atoms with Crippen LogP contribution < -0.4 is 27.4 Å². The molecule has 58 heavy (non-hydrogen) atoms. The zero-order chi connectivity index (χ0) is 41.4. The molecule has 1 aromatic heterocycles. The van der Waals surface area contributed by atoms with E-state index in [2.05, 4.69) is 20.9 Å². The number of benzene rings is 4. The lowest BCUT2D eigenvalue weighted by molar-refractivity contribution is -0.142. The zero-order valence-electron chi connectivity index (χ0n) is 31.9. The molecule has 0 spiro atoms. The van der Waals surface area contributed by atoms with Gasteiger partial charge in [-0.2, -0.15) is 13.2 Å². The summed E-state index contributed by atoms with van der Waals surface area (Å²) in [5.74, 6) is -2.51. The Hall–Kier alpha value is -5.64. The minimum Gasteiger partial charge on any atom is -0.370 e. The maximum absolute atomic E-state index is 15.2. The van der Waals surface area contributed by atoms with Crippen molar-refractivity contribution in [3.8, 4) is 11.1 Å². The van der Waals surface area contributed by atoms with E-state index in [1.165, 1.54) is 11.9 Å². The number of fused-ring (bicyclic) bond motifs is 3. The number of likely N-dealkylation sites (N-methyl/N-ethyl adjacent to an activating group) is 1. The van der Waals surface area contributed by atoms with Crippen molar-refractivity contribution < 1.29 is 32.3 Å². The Balaban J connectivity index is 1.50. The van der Waals surface area contributed by atoms with Crippen LogP contribution in [0.15, 0.2) is 107 Å². The van der Waals surface area contributed by atoms with Crippen LogP contribution in [0.1, 0.15) is 47.9 Å². The summed E-state index contributed by atoms with van der Waals surface area (Å²) in [5.41, 5.74) is 13.7. The molecule has 8 N–H and O–H groups in total. The summed E-state index contributed by atoms with van der Waals surface area (Å²) in [6.07, 6.45) is -2.65. The molecule has 4 aromatic carbocycles. The van der Waals surface area contributed by atoms with Gasteiger partial charge in [0.25, 0.3) is 0 Å². The number of primary amides is 1. The van der Waals surface area contributed by atoms with E-state index in [4.69, 9.17) is 11.5 Å². The lowest BCUT2D eigenvalue weighted by atomic mass is 9.98. The molecule has 3 unspecified atom stereocenters. The van der Waals surface area contributed by atoms with E-state index in [0.29, 0.717) is 33.6 Å². The average molecular weight is 814 g/mol. The number of amides is 4. The number of hydrogen-bond donors (Lipinski definition) is 6. The Morgan fingerprint density at radius 1 is 0.862 bits per heavy atom. The summed E-state index contributed by atoms with van der Waals surface area (Å²) in [7, 11) is 1.43. The third-order valence-electron chi connectivity index (χ3n) is 10.3.